The predicted molar refractivity (Wildman–Crippen MR) is 54.3 cm³/mol. The second-order valence-corrected chi connectivity index (χ2v) is 3.80. The molecule has 1 saturated carbocycles. The van der Waals surface area contributed by atoms with E-state index >= 15 is 0 Å². The minimum atomic E-state index is -0.107. The number of esters is 1. The molecule has 80 valence electrons. The average Bonchev–Trinajstić information content (AvgIpc) is 2.99. The van der Waals surface area contributed by atoms with Crippen molar-refractivity contribution in [3.05, 3.63) is 23.5 Å². The van der Waals surface area contributed by atoms with Crippen LogP contribution in [0.25, 0.3) is 0 Å². The van der Waals surface area contributed by atoms with Crippen molar-refractivity contribution in [1.29, 1.82) is 0 Å². The highest BCUT2D eigenvalue weighted by Crippen LogP contribution is 2.47. The van der Waals surface area contributed by atoms with Gasteiger partial charge in [-0.3, -0.25) is 4.79 Å². The van der Waals surface area contributed by atoms with Crippen LogP contribution in [0.15, 0.2) is 12.1 Å². The smallest absolute Gasteiger partial charge is 0.309 e. The van der Waals surface area contributed by atoms with Crippen molar-refractivity contribution in [2.24, 2.45) is 5.92 Å². The molecule has 2 atom stereocenters. The SMILES string of the molecule is CCOC(=O)[C@H]1C[C@H]1c1ccc(C)nn1. The molecule has 4 heteroatoms. The van der Waals surface area contributed by atoms with Gasteiger partial charge in [0.2, 0.25) is 0 Å². The number of carbonyl (C=O) groups excluding carboxylic acids is 1. The van der Waals surface area contributed by atoms with Crippen LogP contribution >= 0.6 is 0 Å². The molecule has 0 saturated heterocycles. The van der Waals surface area contributed by atoms with E-state index < -0.39 is 0 Å². The first-order valence-corrected chi connectivity index (χ1v) is 5.19. The summed E-state index contributed by atoms with van der Waals surface area (Å²) in [5, 5.41) is 8.05. The number of hydrogen-bond donors (Lipinski definition) is 0. The molecule has 0 spiro atoms. The molecule has 0 radical (unpaired) electrons. The van der Waals surface area contributed by atoms with Crippen LogP contribution in [0.4, 0.5) is 0 Å². The zero-order valence-corrected chi connectivity index (χ0v) is 8.93. The van der Waals surface area contributed by atoms with Gasteiger partial charge in [-0.2, -0.15) is 10.2 Å². The summed E-state index contributed by atoms with van der Waals surface area (Å²) >= 11 is 0. The molecular formula is C11H14N2O2. The highest BCUT2D eigenvalue weighted by molar-refractivity contribution is 5.77. The maximum Gasteiger partial charge on any atom is 0.309 e. The number of carbonyl (C=O) groups is 1. The Kier molecular flexibility index (Phi) is 2.66. The van der Waals surface area contributed by atoms with Crippen LogP contribution in [0.1, 0.15) is 30.7 Å². The van der Waals surface area contributed by atoms with Crippen LogP contribution in [0, 0.1) is 12.8 Å². The lowest BCUT2D eigenvalue weighted by molar-refractivity contribution is -0.144. The van der Waals surface area contributed by atoms with Crippen LogP contribution in [0.3, 0.4) is 0 Å². The topological polar surface area (TPSA) is 52.1 Å². The van der Waals surface area contributed by atoms with Crippen molar-refractivity contribution < 1.29 is 9.53 Å². The lowest BCUT2D eigenvalue weighted by Gasteiger charge is -2.00. The maximum atomic E-state index is 11.4. The van der Waals surface area contributed by atoms with E-state index in [0.29, 0.717) is 6.61 Å². The Morgan fingerprint density at radius 3 is 2.93 bits per heavy atom. The van der Waals surface area contributed by atoms with Gasteiger partial charge in [0.1, 0.15) is 0 Å². The minimum Gasteiger partial charge on any atom is -0.466 e. The molecule has 0 unspecified atom stereocenters. The van der Waals surface area contributed by atoms with E-state index in [9.17, 15) is 4.79 Å². The predicted octanol–water partition coefficient (Wildman–Crippen LogP) is 1.45. The monoisotopic (exact) mass is 206 g/mol. The van der Waals surface area contributed by atoms with Gasteiger partial charge in [0.15, 0.2) is 0 Å². The molecular weight excluding hydrogens is 192 g/mol. The molecule has 0 aromatic carbocycles. The lowest BCUT2D eigenvalue weighted by atomic mass is 10.2. The molecule has 0 N–H and O–H groups in total. The molecule has 1 aliphatic rings. The van der Waals surface area contributed by atoms with Crippen LogP contribution in [0.2, 0.25) is 0 Å². The van der Waals surface area contributed by atoms with E-state index in [1.165, 1.54) is 0 Å². The normalized spacial score (nSPS) is 23.6. The van der Waals surface area contributed by atoms with Crippen molar-refractivity contribution >= 4 is 5.97 Å². The fraction of sp³-hybridized carbons (Fsp3) is 0.545. The number of nitrogens with zero attached hydrogens (tertiary/aromatic N) is 2. The van der Waals surface area contributed by atoms with Crippen molar-refractivity contribution in [1.82, 2.24) is 10.2 Å². The number of aromatic nitrogens is 2. The van der Waals surface area contributed by atoms with Crippen molar-refractivity contribution in [3.8, 4) is 0 Å². The first-order valence-electron chi connectivity index (χ1n) is 5.19. The van der Waals surface area contributed by atoms with Gasteiger partial charge in [-0.15, -0.1) is 0 Å². The Balaban J connectivity index is 1.98. The summed E-state index contributed by atoms with van der Waals surface area (Å²) in [6.45, 7) is 4.16. The molecule has 2 rings (SSSR count). The van der Waals surface area contributed by atoms with Gasteiger partial charge in [0.25, 0.3) is 0 Å². The second kappa shape index (κ2) is 3.96. The minimum absolute atomic E-state index is 0.00181. The van der Waals surface area contributed by atoms with Gasteiger partial charge < -0.3 is 4.74 Å². The highest BCUT2D eigenvalue weighted by Gasteiger charge is 2.46. The molecule has 1 aliphatic carbocycles. The van der Waals surface area contributed by atoms with E-state index in [0.717, 1.165) is 17.8 Å². The van der Waals surface area contributed by atoms with Crippen LogP contribution in [0.5, 0.6) is 0 Å². The second-order valence-electron chi connectivity index (χ2n) is 3.80. The Morgan fingerprint density at radius 2 is 2.33 bits per heavy atom. The molecule has 0 bridgehead atoms. The first-order chi connectivity index (χ1) is 7.22. The first kappa shape index (κ1) is 10.1. The fourth-order valence-corrected chi connectivity index (χ4v) is 1.64. The number of aryl methyl sites for hydroxylation is 1. The van der Waals surface area contributed by atoms with Gasteiger partial charge in [-0.1, -0.05) is 0 Å². The number of ether oxygens (including phenoxy) is 1. The lowest BCUT2D eigenvalue weighted by Crippen LogP contribution is -2.07. The third kappa shape index (κ3) is 2.14. The van der Waals surface area contributed by atoms with E-state index in [4.69, 9.17) is 4.74 Å². The molecule has 15 heavy (non-hydrogen) atoms. The molecule has 0 amide bonds. The molecule has 1 heterocycles. The third-order valence-corrected chi connectivity index (χ3v) is 2.58. The van der Waals surface area contributed by atoms with Gasteiger partial charge in [-0.25, -0.2) is 0 Å². The van der Waals surface area contributed by atoms with Gasteiger partial charge in [-0.05, 0) is 32.4 Å². The Hall–Kier alpha value is -1.45. The largest absolute Gasteiger partial charge is 0.466 e. The average molecular weight is 206 g/mol. The maximum absolute atomic E-state index is 11.4. The van der Waals surface area contributed by atoms with E-state index in [2.05, 4.69) is 10.2 Å². The van der Waals surface area contributed by atoms with E-state index in [1.54, 1.807) is 0 Å². The third-order valence-electron chi connectivity index (χ3n) is 2.58. The zero-order valence-electron chi connectivity index (χ0n) is 8.93. The summed E-state index contributed by atoms with van der Waals surface area (Å²) in [5.74, 6) is 0.115. The Bertz CT molecular complexity index is 361. The molecule has 1 aromatic heterocycles. The molecule has 1 aromatic rings. The van der Waals surface area contributed by atoms with Crippen molar-refractivity contribution in [2.75, 3.05) is 6.61 Å². The standard InChI is InChI=1S/C11H14N2O2/c1-3-15-11(14)9-6-8(9)10-5-4-7(2)12-13-10/h4-5,8-9H,3,6H2,1-2H3/t8-,9+/m1/s1. The summed E-state index contributed by atoms with van der Waals surface area (Å²) in [5.41, 5.74) is 1.80. The quantitative estimate of drug-likeness (QED) is 0.702. The summed E-state index contributed by atoms with van der Waals surface area (Å²) < 4.78 is 4.95. The summed E-state index contributed by atoms with van der Waals surface area (Å²) in [6.07, 6.45) is 0.844. The summed E-state index contributed by atoms with van der Waals surface area (Å²) in [6, 6.07) is 3.86. The fourth-order valence-electron chi connectivity index (χ4n) is 1.64. The summed E-state index contributed by atoms with van der Waals surface area (Å²) in [4.78, 5) is 11.4. The van der Waals surface area contributed by atoms with Gasteiger partial charge >= 0.3 is 5.97 Å². The van der Waals surface area contributed by atoms with Crippen LogP contribution < -0.4 is 0 Å². The summed E-state index contributed by atoms with van der Waals surface area (Å²) in [7, 11) is 0. The van der Waals surface area contributed by atoms with E-state index in [1.807, 2.05) is 26.0 Å². The van der Waals surface area contributed by atoms with Crippen molar-refractivity contribution in [3.63, 3.8) is 0 Å². The highest BCUT2D eigenvalue weighted by atomic mass is 16.5. The molecule has 0 aliphatic heterocycles. The number of rotatable bonds is 3. The number of hydrogen-bond acceptors (Lipinski definition) is 4. The van der Waals surface area contributed by atoms with Gasteiger partial charge in [0.05, 0.1) is 23.9 Å². The Labute approximate surface area is 88.7 Å². The van der Waals surface area contributed by atoms with E-state index in [-0.39, 0.29) is 17.8 Å². The zero-order chi connectivity index (χ0) is 10.8. The van der Waals surface area contributed by atoms with Crippen molar-refractivity contribution in [2.45, 2.75) is 26.2 Å². The van der Waals surface area contributed by atoms with Gasteiger partial charge in [0, 0.05) is 5.92 Å². The molecule has 1 fully saturated rings. The Morgan fingerprint density at radius 1 is 1.53 bits per heavy atom. The van der Waals surface area contributed by atoms with Crippen LogP contribution in [-0.2, 0) is 9.53 Å². The molecule has 4 nitrogen and oxygen atoms in total. The van der Waals surface area contributed by atoms with Crippen LogP contribution in [-0.4, -0.2) is 22.8 Å².